The number of thiophene rings is 1. The number of aliphatic hydroxyl groups excluding tert-OH is 1. The molecule has 0 radical (unpaired) electrons. The third-order valence-electron chi connectivity index (χ3n) is 3.23. The van der Waals surface area contributed by atoms with Crippen LogP contribution in [0.3, 0.4) is 0 Å². The topological polar surface area (TPSA) is 41.5 Å². The Morgan fingerprint density at radius 1 is 1.30 bits per heavy atom. The van der Waals surface area contributed by atoms with E-state index in [1.165, 1.54) is 16.2 Å². The van der Waals surface area contributed by atoms with Gasteiger partial charge >= 0.3 is 0 Å². The first-order chi connectivity index (χ1) is 9.49. The zero-order valence-electron chi connectivity index (χ0n) is 13.2. The molecule has 0 fully saturated rings. The summed E-state index contributed by atoms with van der Waals surface area (Å²) < 4.78 is 5.50. The zero-order chi connectivity index (χ0) is 15.0. The third kappa shape index (κ3) is 7.39. The lowest BCUT2D eigenvalue weighted by Gasteiger charge is -2.16. The van der Waals surface area contributed by atoms with E-state index in [9.17, 15) is 5.11 Å². The Morgan fingerprint density at radius 3 is 2.65 bits per heavy atom. The highest BCUT2D eigenvalue weighted by atomic mass is 32.1. The van der Waals surface area contributed by atoms with Crippen LogP contribution in [-0.4, -0.2) is 31.0 Å². The third-order valence-corrected chi connectivity index (χ3v) is 4.41. The highest BCUT2D eigenvalue weighted by Gasteiger charge is 2.10. The normalized spacial score (nSPS) is 14.7. The number of nitrogens with one attached hydrogen (secondary N) is 1. The Balaban J connectivity index is 2.09. The van der Waals surface area contributed by atoms with Crippen LogP contribution < -0.4 is 5.32 Å². The maximum absolute atomic E-state index is 9.87. The number of aryl methyl sites for hydroxylation is 1. The van der Waals surface area contributed by atoms with Crippen LogP contribution >= 0.6 is 11.3 Å². The average Bonchev–Trinajstić information content (AvgIpc) is 2.82. The van der Waals surface area contributed by atoms with Crippen LogP contribution in [0.15, 0.2) is 12.1 Å². The minimum absolute atomic E-state index is 0.282. The Kier molecular flexibility index (Phi) is 8.38. The molecule has 2 N–H and O–H groups in total. The van der Waals surface area contributed by atoms with E-state index in [2.05, 4.69) is 45.1 Å². The molecule has 0 aliphatic heterocycles. The molecule has 1 rings (SSSR count). The van der Waals surface area contributed by atoms with E-state index in [1.54, 1.807) is 11.3 Å². The van der Waals surface area contributed by atoms with Gasteiger partial charge in [-0.15, -0.1) is 11.3 Å². The van der Waals surface area contributed by atoms with Gasteiger partial charge in [0.05, 0.1) is 12.7 Å². The van der Waals surface area contributed by atoms with Crippen molar-refractivity contribution in [2.75, 3.05) is 19.8 Å². The second-order valence-electron chi connectivity index (χ2n) is 5.84. The van der Waals surface area contributed by atoms with Gasteiger partial charge in [0.2, 0.25) is 0 Å². The highest BCUT2D eigenvalue weighted by Crippen LogP contribution is 2.22. The van der Waals surface area contributed by atoms with Crippen LogP contribution in [0.1, 0.15) is 49.4 Å². The number of aliphatic hydroxyl groups is 1. The minimum atomic E-state index is -0.433. The fourth-order valence-corrected chi connectivity index (χ4v) is 2.88. The van der Waals surface area contributed by atoms with Gasteiger partial charge in [0.15, 0.2) is 0 Å². The van der Waals surface area contributed by atoms with Gasteiger partial charge < -0.3 is 15.2 Å². The summed E-state index contributed by atoms with van der Waals surface area (Å²) in [6.45, 7) is 10.4. The zero-order valence-corrected chi connectivity index (χ0v) is 14.0. The van der Waals surface area contributed by atoms with E-state index in [0.717, 1.165) is 18.9 Å². The molecule has 0 amide bonds. The van der Waals surface area contributed by atoms with E-state index < -0.39 is 6.10 Å². The first kappa shape index (κ1) is 17.6. The van der Waals surface area contributed by atoms with Crippen LogP contribution in [0.4, 0.5) is 0 Å². The largest absolute Gasteiger partial charge is 0.389 e. The first-order valence-electron chi connectivity index (χ1n) is 7.54. The fourth-order valence-electron chi connectivity index (χ4n) is 1.97. The van der Waals surface area contributed by atoms with Crippen molar-refractivity contribution in [1.29, 1.82) is 0 Å². The summed E-state index contributed by atoms with van der Waals surface area (Å²) >= 11 is 1.80. The summed E-state index contributed by atoms with van der Waals surface area (Å²) in [7, 11) is 0. The van der Waals surface area contributed by atoms with E-state index in [1.807, 2.05) is 0 Å². The van der Waals surface area contributed by atoms with E-state index in [4.69, 9.17) is 4.74 Å². The lowest BCUT2D eigenvalue weighted by Crippen LogP contribution is -2.32. The van der Waals surface area contributed by atoms with Gasteiger partial charge in [0, 0.05) is 28.9 Å². The van der Waals surface area contributed by atoms with E-state index in [0.29, 0.717) is 13.2 Å². The summed E-state index contributed by atoms with van der Waals surface area (Å²) in [4.78, 5) is 2.63. The molecule has 0 spiro atoms. The second kappa shape index (κ2) is 9.50. The summed E-state index contributed by atoms with van der Waals surface area (Å²) in [5, 5.41) is 13.2. The molecule has 2 unspecified atom stereocenters. The Bertz CT molecular complexity index is 365. The van der Waals surface area contributed by atoms with Crippen molar-refractivity contribution in [3.63, 3.8) is 0 Å². The fraction of sp³-hybridized carbons (Fsp3) is 0.750. The summed E-state index contributed by atoms with van der Waals surface area (Å²) in [5.41, 5.74) is 0. The predicted molar refractivity (Wildman–Crippen MR) is 86.4 cm³/mol. The van der Waals surface area contributed by atoms with Gasteiger partial charge in [-0.1, -0.05) is 13.8 Å². The maximum atomic E-state index is 9.87. The van der Waals surface area contributed by atoms with Crippen molar-refractivity contribution >= 4 is 11.3 Å². The summed E-state index contributed by atoms with van der Waals surface area (Å²) in [5.74, 6) is 0.722. The number of hydrogen-bond donors (Lipinski definition) is 2. The van der Waals surface area contributed by atoms with Crippen LogP contribution in [-0.2, 0) is 4.74 Å². The van der Waals surface area contributed by atoms with Gasteiger partial charge in [0.1, 0.15) is 0 Å². The van der Waals surface area contributed by atoms with Crippen LogP contribution in [0.5, 0.6) is 0 Å². The second-order valence-corrected chi connectivity index (χ2v) is 7.16. The maximum Gasteiger partial charge on any atom is 0.0897 e. The van der Waals surface area contributed by atoms with Gasteiger partial charge in [-0.25, -0.2) is 0 Å². The Hall–Kier alpha value is -0.420. The van der Waals surface area contributed by atoms with Gasteiger partial charge in [0.25, 0.3) is 0 Å². The molecular weight excluding hydrogens is 270 g/mol. The number of rotatable bonds is 10. The number of hydrogen-bond acceptors (Lipinski definition) is 4. The average molecular weight is 299 g/mol. The van der Waals surface area contributed by atoms with Gasteiger partial charge in [-0.3, -0.25) is 0 Å². The molecular formula is C16H29NO2S. The molecule has 0 bridgehead atoms. The quantitative estimate of drug-likeness (QED) is 0.650. The predicted octanol–water partition coefficient (Wildman–Crippen LogP) is 3.52. The van der Waals surface area contributed by atoms with Crippen molar-refractivity contribution in [1.82, 2.24) is 5.32 Å². The minimum Gasteiger partial charge on any atom is -0.389 e. The van der Waals surface area contributed by atoms with Crippen LogP contribution in [0.25, 0.3) is 0 Å². The monoisotopic (exact) mass is 299 g/mol. The van der Waals surface area contributed by atoms with Gasteiger partial charge in [-0.05, 0) is 44.7 Å². The highest BCUT2D eigenvalue weighted by molar-refractivity contribution is 7.12. The van der Waals surface area contributed by atoms with Crippen LogP contribution in [0, 0.1) is 12.8 Å². The molecule has 20 heavy (non-hydrogen) atoms. The molecule has 2 atom stereocenters. The Labute approximate surface area is 127 Å². The van der Waals surface area contributed by atoms with Crippen LogP contribution in [0.2, 0.25) is 0 Å². The molecule has 3 nitrogen and oxygen atoms in total. The molecule has 0 aliphatic rings. The molecule has 0 saturated heterocycles. The SMILES string of the molecule is Cc1ccc(C(C)NCC(O)COCCCC(C)C)s1. The summed E-state index contributed by atoms with van der Waals surface area (Å²) in [6.07, 6.45) is 1.82. The molecule has 0 aliphatic carbocycles. The lowest BCUT2D eigenvalue weighted by atomic mass is 10.1. The molecule has 1 heterocycles. The Morgan fingerprint density at radius 2 is 2.05 bits per heavy atom. The molecule has 0 saturated carbocycles. The summed E-state index contributed by atoms with van der Waals surface area (Å²) in [6, 6.07) is 4.56. The number of ether oxygens (including phenoxy) is 1. The van der Waals surface area contributed by atoms with E-state index >= 15 is 0 Å². The van der Waals surface area contributed by atoms with Crippen molar-refractivity contribution in [3.05, 3.63) is 21.9 Å². The smallest absolute Gasteiger partial charge is 0.0897 e. The van der Waals surface area contributed by atoms with Crippen molar-refractivity contribution < 1.29 is 9.84 Å². The molecule has 1 aromatic rings. The molecule has 1 aromatic heterocycles. The molecule has 116 valence electrons. The lowest BCUT2D eigenvalue weighted by molar-refractivity contribution is 0.0337. The van der Waals surface area contributed by atoms with Crippen molar-refractivity contribution in [3.8, 4) is 0 Å². The van der Waals surface area contributed by atoms with Gasteiger partial charge in [-0.2, -0.15) is 0 Å². The van der Waals surface area contributed by atoms with E-state index in [-0.39, 0.29) is 6.04 Å². The van der Waals surface area contributed by atoms with Crippen molar-refractivity contribution in [2.24, 2.45) is 5.92 Å². The standard InChI is InChI=1S/C16H29NO2S/c1-12(2)6-5-9-19-11-15(18)10-17-14(4)16-8-7-13(3)20-16/h7-8,12,14-15,17-18H,5-6,9-11H2,1-4H3. The molecule has 0 aromatic carbocycles. The van der Waals surface area contributed by atoms with Crippen molar-refractivity contribution in [2.45, 2.75) is 52.7 Å². The first-order valence-corrected chi connectivity index (χ1v) is 8.36. The molecule has 4 heteroatoms.